The Hall–Kier alpha value is -1.09. The second kappa shape index (κ2) is 3.45. The van der Waals surface area contributed by atoms with Gasteiger partial charge in [-0.3, -0.25) is 4.79 Å². The maximum atomic E-state index is 11.9. The maximum Gasteiger partial charge on any atom is 0.309 e. The summed E-state index contributed by atoms with van der Waals surface area (Å²) in [6, 6.07) is 0. The number of allylic oxidation sites excluding steroid dienone is 1. The summed E-state index contributed by atoms with van der Waals surface area (Å²) in [5.74, 6) is -0.532. The zero-order valence-corrected chi connectivity index (χ0v) is 10.9. The third-order valence-electron chi connectivity index (χ3n) is 4.87. The van der Waals surface area contributed by atoms with Crippen molar-refractivity contribution in [3.05, 3.63) is 23.8 Å². The number of aliphatic hydroxyl groups is 1. The van der Waals surface area contributed by atoms with Crippen LogP contribution in [0.25, 0.3) is 0 Å². The first-order valence-corrected chi connectivity index (χ1v) is 5.92. The molecule has 0 saturated heterocycles. The number of fused-ring (bicyclic) bond motifs is 2. The summed E-state index contributed by atoms with van der Waals surface area (Å²) in [6.45, 7) is 10.0. The van der Waals surface area contributed by atoms with Crippen LogP contribution in [0.4, 0.5) is 0 Å². The number of hydrogen-bond donors (Lipinski definition) is 1. The van der Waals surface area contributed by atoms with Crippen LogP contribution in [-0.2, 0) is 9.53 Å². The van der Waals surface area contributed by atoms with Crippen molar-refractivity contribution in [3.63, 3.8) is 0 Å². The molecule has 3 aliphatic carbocycles. The van der Waals surface area contributed by atoms with Crippen LogP contribution in [-0.4, -0.2) is 24.3 Å². The lowest BCUT2D eigenvalue weighted by molar-refractivity contribution is -0.156. The lowest BCUT2D eigenvalue weighted by Crippen LogP contribution is -2.56. The largest absolute Gasteiger partial charge is 0.469 e. The quantitative estimate of drug-likeness (QED) is 0.560. The number of rotatable bonds is 1. The van der Waals surface area contributed by atoms with Crippen molar-refractivity contribution < 1.29 is 14.6 Å². The minimum atomic E-state index is -0.672. The number of hydrogen-bond acceptors (Lipinski definition) is 3. The van der Waals surface area contributed by atoms with Gasteiger partial charge in [-0.1, -0.05) is 32.1 Å². The summed E-state index contributed by atoms with van der Waals surface area (Å²) < 4.78 is 4.86. The van der Waals surface area contributed by atoms with Crippen molar-refractivity contribution >= 4 is 5.97 Å². The molecule has 17 heavy (non-hydrogen) atoms. The zero-order valence-electron chi connectivity index (χ0n) is 10.9. The molecule has 0 aliphatic heterocycles. The first-order valence-electron chi connectivity index (χ1n) is 5.92. The van der Waals surface area contributed by atoms with Gasteiger partial charge in [-0.2, -0.15) is 0 Å². The minimum absolute atomic E-state index is 0.242. The van der Waals surface area contributed by atoms with Crippen LogP contribution in [0.15, 0.2) is 23.8 Å². The molecule has 1 fully saturated rings. The predicted molar refractivity (Wildman–Crippen MR) is 65.2 cm³/mol. The van der Waals surface area contributed by atoms with Gasteiger partial charge in [-0.25, -0.2) is 0 Å². The van der Waals surface area contributed by atoms with Gasteiger partial charge in [0.2, 0.25) is 0 Å². The highest BCUT2D eigenvalue weighted by Gasteiger charge is 2.59. The molecule has 3 heteroatoms. The Bertz CT molecular complexity index is 423. The van der Waals surface area contributed by atoms with Crippen molar-refractivity contribution in [1.29, 1.82) is 0 Å². The van der Waals surface area contributed by atoms with Gasteiger partial charge in [0.1, 0.15) is 0 Å². The third-order valence-corrected chi connectivity index (χ3v) is 4.87. The van der Waals surface area contributed by atoms with Crippen LogP contribution < -0.4 is 0 Å². The molecular weight excluding hydrogens is 216 g/mol. The molecule has 0 aromatic carbocycles. The van der Waals surface area contributed by atoms with Crippen LogP contribution in [0.5, 0.6) is 0 Å². The summed E-state index contributed by atoms with van der Waals surface area (Å²) >= 11 is 0. The second-order valence-electron chi connectivity index (χ2n) is 5.73. The highest BCUT2D eigenvalue weighted by atomic mass is 16.5. The van der Waals surface area contributed by atoms with Crippen LogP contribution in [0.3, 0.4) is 0 Å². The lowest BCUT2D eigenvalue weighted by Gasteiger charge is -2.56. The molecule has 0 heterocycles. The molecule has 1 N–H and O–H groups in total. The number of carbonyl (C=O) groups excluding carboxylic acids is 1. The van der Waals surface area contributed by atoms with Gasteiger partial charge >= 0.3 is 5.97 Å². The molecule has 3 aliphatic rings. The Morgan fingerprint density at radius 3 is 2.71 bits per heavy atom. The normalized spacial score (nSPS) is 44.5. The average Bonchev–Trinajstić information content (AvgIpc) is 2.29. The Morgan fingerprint density at radius 1 is 1.59 bits per heavy atom. The number of methoxy groups -OCH3 is 1. The number of ether oxygens (including phenoxy) is 1. The maximum absolute atomic E-state index is 11.9. The SMILES string of the molecule is C=C1C(O)C2(C)C=C(C)C1(C)CC2C(=O)OC. The molecule has 0 aromatic heterocycles. The van der Waals surface area contributed by atoms with E-state index in [2.05, 4.69) is 6.58 Å². The molecule has 0 radical (unpaired) electrons. The van der Waals surface area contributed by atoms with E-state index >= 15 is 0 Å². The van der Waals surface area contributed by atoms with E-state index in [1.807, 2.05) is 26.8 Å². The Labute approximate surface area is 102 Å². The highest BCUT2D eigenvalue weighted by Crippen LogP contribution is 2.60. The minimum Gasteiger partial charge on any atom is -0.469 e. The molecule has 3 nitrogen and oxygen atoms in total. The van der Waals surface area contributed by atoms with Crippen LogP contribution in [0.1, 0.15) is 27.2 Å². The van der Waals surface area contributed by atoms with Crippen LogP contribution in [0, 0.1) is 16.7 Å². The van der Waals surface area contributed by atoms with E-state index in [1.165, 1.54) is 12.7 Å². The van der Waals surface area contributed by atoms with Gasteiger partial charge in [0, 0.05) is 10.8 Å². The van der Waals surface area contributed by atoms with Crippen molar-refractivity contribution in [2.24, 2.45) is 16.7 Å². The summed E-state index contributed by atoms with van der Waals surface area (Å²) in [4.78, 5) is 11.9. The van der Waals surface area contributed by atoms with E-state index in [0.29, 0.717) is 6.42 Å². The monoisotopic (exact) mass is 236 g/mol. The predicted octanol–water partition coefficient (Wildman–Crippen LogP) is 2.07. The topological polar surface area (TPSA) is 46.5 Å². The molecule has 0 spiro atoms. The first kappa shape index (κ1) is 12.4. The standard InChI is InChI=1S/C14H20O3/c1-8-6-14(4)10(12(16)17-5)7-13(8,3)9(2)11(14)15/h6,10-11,15H,2,7H2,1,3-5H3. The fraction of sp³-hybridized carbons (Fsp3) is 0.643. The van der Waals surface area contributed by atoms with E-state index < -0.39 is 11.5 Å². The molecule has 4 atom stereocenters. The Balaban J connectivity index is 2.55. The van der Waals surface area contributed by atoms with Gasteiger partial charge in [0.05, 0.1) is 19.1 Å². The second-order valence-corrected chi connectivity index (χ2v) is 5.73. The van der Waals surface area contributed by atoms with Crippen LogP contribution >= 0.6 is 0 Å². The van der Waals surface area contributed by atoms with Gasteiger partial charge in [-0.05, 0) is 18.9 Å². The van der Waals surface area contributed by atoms with Gasteiger partial charge in [-0.15, -0.1) is 0 Å². The molecule has 3 rings (SSSR count). The molecule has 0 amide bonds. The molecule has 0 aromatic rings. The van der Waals surface area contributed by atoms with Gasteiger partial charge < -0.3 is 9.84 Å². The van der Waals surface area contributed by atoms with Gasteiger partial charge in [0.15, 0.2) is 0 Å². The summed E-state index contributed by atoms with van der Waals surface area (Å²) in [7, 11) is 1.40. The van der Waals surface area contributed by atoms with E-state index in [0.717, 1.165) is 5.57 Å². The van der Waals surface area contributed by atoms with E-state index in [1.54, 1.807) is 0 Å². The van der Waals surface area contributed by atoms with Crippen molar-refractivity contribution in [2.45, 2.75) is 33.3 Å². The fourth-order valence-electron chi connectivity index (χ4n) is 3.33. The Kier molecular flexibility index (Phi) is 2.51. The molecule has 4 unspecified atom stereocenters. The van der Waals surface area contributed by atoms with Crippen molar-refractivity contribution in [1.82, 2.24) is 0 Å². The Morgan fingerprint density at radius 2 is 2.18 bits per heavy atom. The molecular formula is C14H20O3. The fourth-order valence-corrected chi connectivity index (χ4v) is 3.33. The van der Waals surface area contributed by atoms with E-state index in [-0.39, 0.29) is 17.3 Å². The first-order chi connectivity index (χ1) is 7.77. The van der Waals surface area contributed by atoms with E-state index in [9.17, 15) is 9.90 Å². The number of carbonyl (C=O) groups is 1. The summed E-state index contributed by atoms with van der Waals surface area (Å²) in [6.07, 6.45) is 2.03. The third kappa shape index (κ3) is 1.35. The van der Waals surface area contributed by atoms with Gasteiger partial charge in [0.25, 0.3) is 0 Å². The van der Waals surface area contributed by atoms with Crippen LogP contribution in [0.2, 0.25) is 0 Å². The molecule has 2 bridgehead atoms. The van der Waals surface area contributed by atoms with Crippen molar-refractivity contribution in [3.8, 4) is 0 Å². The average molecular weight is 236 g/mol. The smallest absolute Gasteiger partial charge is 0.309 e. The number of aliphatic hydroxyl groups excluding tert-OH is 1. The summed E-state index contributed by atoms with van der Waals surface area (Å²) in [5.41, 5.74) is 1.15. The highest BCUT2D eigenvalue weighted by molar-refractivity contribution is 5.75. The summed E-state index contributed by atoms with van der Waals surface area (Å²) in [5, 5.41) is 10.4. The van der Waals surface area contributed by atoms with E-state index in [4.69, 9.17) is 4.74 Å². The lowest BCUT2D eigenvalue weighted by atomic mass is 9.48. The molecule has 1 saturated carbocycles. The van der Waals surface area contributed by atoms with Crippen molar-refractivity contribution in [2.75, 3.05) is 7.11 Å². The molecule has 94 valence electrons. The number of esters is 1. The zero-order chi connectivity index (χ0) is 13.0.